The number of rotatable bonds is 2. The van der Waals surface area contributed by atoms with Gasteiger partial charge in [0.25, 0.3) is 5.91 Å². The molecule has 2 aromatic carbocycles. The molecule has 0 aromatic heterocycles. The van der Waals surface area contributed by atoms with Gasteiger partial charge in [0.1, 0.15) is 6.04 Å². The van der Waals surface area contributed by atoms with E-state index in [0.717, 1.165) is 5.56 Å². The van der Waals surface area contributed by atoms with Crippen LogP contribution in [0.2, 0.25) is 10.0 Å². The van der Waals surface area contributed by atoms with E-state index < -0.39 is 6.04 Å². The summed E-state index contributed by atoms with van der Waals surface area (Å²) in [5.41, 5.74) is 1.77. The molecule has 1 aliphatic rings. The highest BCUT2D eigenvalue weighted by Gasteiger charge is 2.41. The van der Waals surface area contributed by atoms with Crippen LogP contribution in [0.15, 0.2) is 42.5 Å². The van der Waals surface area contributed by atoms with Crippen LogP contribution in [-0.2, 0) is 4.74 Å². The molecule has 0 radical (unpaired) electrons. The second-order valence-electron chi connectivity index (χ2n) is 4.83. The summed E-state index contributed by atoms with van der Waals surface area (Å²) in [6.45, 7) is 0. The van der Waals surface area contributed by atoms with Crippen LogP contribution >= 0.6 is 23.2 Å². The molecule has 1 heterocycles. The fourth-order valence-corrected chi connectivity index (χ4v) is 3.11. The molecule has 1 aliphatic heterocycles. The third-order valence-electron chi connectivity index (χ3n) is 3.60. The number of nitrogens with zero attached hydrogens (tertiary/aromatic N) is 1. The lowest BCUT2D eigenvalue weighted by atomic mass is 10.0. The molecule has 0 bridgehead atoms. The lowest BCUT2D eigenvalue weighted by Gasteiger charge is -2.26. The van der Waals surface area contributed by atoms with Crippen molar-refractivity contribution in [3.05, 3.63) is 63.6 Å². The van der Waals surface area contributed by atoms with Gasteiger partial charge in [-0.15, -0.1) is 0 Å². The van der Waals surface area contributed by atoms with Crippen molar-refractivity contribution in [1.82, 2.24) is 0 Å². The Hall–Kier alpha value is -2.04. The fraction of sp³-hybridized carbons (Fsp3) is 0.125. The molecule has 112 valence electrons. The minimum absolute atomic E-state index is 0.0238. The Morgan fingerprint density at radius 3 is 2.64 bits per heavy atom. The zero-order valence-corrected chi connectivity index (χ0v) is 13.2. The van der Waals surface area contributed by atoms with Gasteiger partial charge in [-0.05, 0) is 29.8 Å². The van der Waals surface area contributed by atoms with Crippen molar-refractivity contribution in [2.45, 2.75) is 6.04 Å². The number of carbonyl (C=O) groups is 1. The third kappa shape index (κ3) is 2.25. The summed E-state index contributed by atoms with van der Waals surface area (Å²) in [4.78, 5) is 14.2. The van der Waals surface area contributed by atoms with Gasteiger partial charge in [-0.3, -0.25) is 15.1 Å². The van der Waals surface area contributed by atoms with Crippen molar-refractivity contribution in [1.29, 1.82) is 5.41 Å². The Bertz CT molecular complexity index is 776. The molecule has 1 N–H and O–H groups in total. The Morgan fingerprint density at radius 2 is 1.95 bits per heavy atom. The third-order valence-corrected chi connectivity index (χ3v) is 4.14. The van der Waals surface area contributed by atoms with E-state index in [1.54, 1.807) is 30.3 Å². The molecule has 1 atom stereocenters. The van der Waals surface area contributed by atoms with Crippen LogP contribution in [0.4, 0.5) is 5.69 Å². The van der Waals surface area contributed by atoms with Crippen molar-refractivity contribution < 1.29 is 9.53 Å². The Morgan fingerprint density at radius 1 is 1.23 bits per heavy atom. The summed E-state index contributed by atoms with van der Waals surface area (Å²) in [6, 6.07) is 11.4. The van der Waals surface area contributed by atoms with Gasteiger partial charge in [0, 0.05) is 10.6 Å². The smallest absolute Gasteiger partial charge is 0.259 e. The number of anilines is 1. The van der Waals surface area contributed by atoms with E-state index in [9.17, 15) is 4.79 Å². The zero-order valence-electron chi connectivity index (χ0n) is 11.6. The monoisotopic (exact) mass is 334 g/mol. The number of nitrogens with one attached hydrogen (secondary N) is 1. The lowest BCUT2D eigenvalue weighted by molar-refractivity contribution is 0.0993. The molecule has 0 saturated heterocycles. The van der Waals surface area contributed by atoms with Crippen LogP contribution in [0.1, 0.15) is 22.0 Å². The summed E-state index contributed by atoms with van der Waals surface area (Å²) < 4.78 is 5.07. The first kappa shape index (κ1) is 14.9. The molecule has 1 unspecified atom stereocenters. The predicted molar refractivity (Wildman–Crippen MR) is 87.2 cm³/mol. The van der Waals surface area contributed by atoms with E-state index in [2.05, 4.69) is 0 Å². The molecule has 0 aliphatic carbocycles. The molecule has 22 heavy (non-hydrogen) atoms. The molecule has 2 aromatic rings. The molecule has 0 spiro atoms. The van der Waals surface area contributed by atoms with Gasteiger partial charge in [0.2, 0.25) is 5.90 Å². The molecule has 6 heteroatoms. The first-order valence-corrected chi connectivity index (χ1v) is 7.30. The summed E-state index contributed by atoms with van der Waals surface area (Å²) in [6.07, 6.45) is 0. The van der Waals surface area contributed by atoms with E-state index in [-0.39, 0.29) is 11.8 Å². The average Bonchev–Trinajstić information content (AvgIpc) is 2.80. The minimum Gasteiger partial charge on any atom is -0.483 e. The van der Waals surface area contributed by atoms with Crippen LogP contribution in [0.25, 0.3) is 0 Å². The van der Waals surface area contributed by atoms with Crippen LogP contribution in [0.5, 0.6) is 0 Å². The Kier molecular flexibility index (Phi) is 3.81. The number of benzene rings is 2. The van der Waals surface area contributed by atoms with Crippen molar-refractivity contribution >= 4 is 40.7 Å². The normalized spacial score (nSPS) is 16.6. The lowest BCUT2D eigenvalue weighted by Crippen LogP contribution is -2.33. The Balaban J connectivity index is 2.18. The van der Waals surface area contributed by atoms with Crippen LogP contribution in [0, 0.1) is 5.41 Å². The molecular formula is C16H12Cl2N2O2. The van der Waals surface area contributed by atoms with Gasteiger partial charge in [0.05, 0.1) is 17.8 Å². The van der Waals surface area contributed by atoms with Gasteiger partial charge in [0.15, 0.2) is 0 Å². The van der Waals surface area contributed by atoms with Gasteiger partial charge in [-0.25, -0.2) is 0 Å². The summed E-state index contributed by atoms with van der Waals surface area (Å²) in [7, 11) is 1.41. The number of hydrogen-bond acceptors (Lipinski definition) is 3. The number of methoxy groups -OCH3 is 1. The maximum absolute atomic E-state index is 12.7. The number of carbonyl (C=O) groups excluding carboxylic acids is 1. The van der Waals surface area contributed by atoms with Crippen LogP contribution in [-0.4, -0.2) is 18.9 Å². The minimum atomic E-state index is -0.632. The SMILES string of the molecule is COC(=N)C1c2ccccc2C(=O)N1c1ccc(Cl)cc1Cl. The largest absolute Gasteiger partial charge is 0.483 e. The number of fused-ring (bicyclic) bond motifs is 1. The molecule has 4 nitrogen and oxygen atoms in total. The van der Waals surface area contributed by atoms with E-state index in [0.29, 0.717) is 21.3 Å². The zero-order chi connectivity index (χ0) is 15.9. The molecular weight excluding hydrogens is 323 g/mol. The molecule has 0 saturated carbocycles. The van der Waals surface area contributed by atoms with Crippen LogP contribution < -0.4 is 4.90 Å². The highest BCUT2D eigenvalue weighted by atomic mass is 35.5. The van der Waals surface area contributed by atoms with Crippen molar-refractivity contribution in [2.75, 3.05) is 12.0 Å². The van der Waals surface area contributed by atoms with Gasteiger partial charge in [-0.1, -0.05) is 41.4 Å². The quantitative estimate of drug-likeness (QED) is 0.656. The number of hydrogen-bond donors (Lipinski definition) is 1. The summed E-state index contributed by atoms with van der Waals surface area (Å²) in [5.74, 6) is -0.240. The molecule has 0 fully saturated rings. The second kappa shape index (κ2) is 5.63. The average molecular weight is 335 g/mol. The topological polar surface area (TPSA) is 53.4 Å². The predicted octanol–water partition coefficient (Wildman–Crippen LogP) is 4.32. The first-order valence-electron chi connectivity index (χ1n) is 6.54. The standard InChI is InChI=1S/C16H12Cl2N2O2/c1-22-15(19)14-10-4-2-3-5-11(10)16(21)20(14)13-7-6-9(17)8-12(13)18/h2-8,14,19H,1H3. The van der Waals surface area contributed by atoms with Crippen molar-refractivity contribution in [2.24, 2.45) is 0 Å². The maximum Gasteiger partial charge on any atom is 0.259 e. The van der Waals surface area contributed by atoms with Gasteiger partial charge in [-0.2, -0.15) is 0 Å². The number of amides is 1. The summed E-state index contributed by atoms with van der Waals surface area (Å²) in [5, 5.41) is 8.89. The van der Waals surface area contributed by atoms with E-state index >= 15 is 0 Å². The van der Waals surface area contributed by atoms with Gasteiger partial charge >= 0.3 is 0 Å². The van der Waals surface area contributed by atoms with Gasteiger partial charge < -0.3 is 4.74 Å². The molecule has 1 amide bonds. The molecule has 3 rings (SSSR count). The van der Waals surface area contributed by atoms with E-state index in [4.69, 9.17) is 33.3 Å². The van der Waals surface area contributed by atoms with E-state index in [1.807, 2.05) is 12.1 Å². The number of halogens is 2. The summed E-state index contributed by atoms with van der Waals surface area (Å²) >= 11 is 12.2. The van der Waals surface area contributed by atoms with Crippen LogP contribution in [0.3, 0.4) is 0 Å². The second-order valence-corrected chi connectivity index (χ2v) is 5.67. The van der Waals surface area contributed by atoms with Crippen molar-refractivity contribution in [3.63, 3.8) is 0 Å². The van der Waals surface area contributed by atoms with Crippen molar-refractivity contribution in [3.8, 4) is 0 Å². The maximum atomic E-state index is 12.7. The number of ether oxygens (including phenoxy) is 1. The van der Waals surface area contributed by atoms with E-state index in [1.165, 1.54) is 12.0 Å². The highest BCUT2D eigenvalue weighted by molar-refractivity contribution is 6.37. The first-order chi connectivity index (χ1) is 10.5. The Labute approximate surface area is 137 Å². The highest BCUT2D eigenvalue weighted by Crippen LogP contribution is 2.41. The fourth-order valence-electron chi connectivity index (χ4n) is 2.61.